The molecule has 0 spiro atoms. The molecule has 1 aliphatic heterocycles. The SMILES string of the molecule is COc1ccc(CN2CCC(C(N)=O)CC2)cc1OCc1ccccc1.O=C(O)C(=O)O. The van der Waals surface area contributed by atoms with Crippen molar-refractivity contribution in [1.82, 2.24) is 4.90 Å². The van der Waals surface area contributed by atoms with Gasteiger partial charge in [0.05, 0.1) is 7.11 Å². The van der Waals surface area contributed by atoms with Crippen LogP contribution < -0.4 is 15.2 Å². The number of nitrogens with two attached hydrogens (primary N) is 1. The minimum Gasteiger partial charge on any atom is -0.493 e. The number of rotatable bonds is 7. The minimum absolute atomic E-state index is 0.0203. The second-order valence-corrected chi connectivity index (χ2v) is 7.32. The van der Waals surface area contributed by atoms with Crippen molar-refractivity contribution in [3.8, 4) is 11.5 Å². The third kappa shape index (κ3) is 7.92. The minimum atomic E-state index is -1.82. The highest BCUT2D eigenvalue weighted by Gasteiger charge is 2.23. The molecule has 9 nitrogen and oxygen atoms in total. The van der Waals surface area contributed by atoms with Gasteiger partial charge in [-0.25, -0.2) is 9.59 Å². The van der Waals surface area contributed by atoms with Crippen LogP contribution in [0.3, 0.4) is 0 Å². The first-order valence-corrected chi connectivity index (χ1v) is 10.1. The van der Waals surface area contributed by atoms with Crippen LogP contribution in [0.25, 0.3) is 0 Å². The van der Waals surface area contributed by atoms with E-state index in [2.05, 4.69) is 11.0 Å². The number of aliphatic carboxylic acids is 2. The average molecular weight is 444 g/mol. The van der Waals surface area contributed by atoms with Crippen LogP contribution in [0.5, 0.6) is 11.5 Å². The number of carboxylic acid groups (broad SMARTS) is 2. The number of benzene rings is 2. The van der Waals surface area contributed by atoms with Gasteiger partial charge in [-0.1, -0.05) is 36.4 Å². The number of piperidine rings is 1. The summed E-state index contributed by atoms with van der Waals surface area (Å²) in [6.45, 7) is 3.11. The van der Waals surface area contributed by atoms with Crippen molar-refractivity contribution in [2.75, 3.05) is 20.2 Å². The van der Waals surface area contributed by atoms with Crippen molar-refractivity contribution < 1.29 is 34.1 Å². The maximum absolute atomic E-state index is 11.3. The number of carboxylic acids is 2. The van der Waals surface area contributed by atoms with Crippen LogP contribution in [0.2, 0.25) is 0 Å². The lowest BCUT2D eigenvalue weighted by Gasteiger charge is -2.30. The number of ether oxygens (including phenoxy) is 2. The fourth-order valence-corrected chi connectivity index (χ4v) is 3.30. The summed E-state index contributed by atoms with van der Waals surface area (Å²) in [6.07, 6.45) is 1.67. The highest BCUT2D eigenvalue weighted by atomic mass is 16.5. The monoisotopic (exact) mass is 444 g/mol. The van der Waals surface area contributed by atoms with Gasteiger partial charge < -0.3 is 25.4 Å². The lowest BCUT2D eigenvalue weighted by Crippen LogP contribution is -2.38. The lowest BCUT2D eigenvalue weighted by molar-refractivity contribution is -0.159. The van der Waals surface area contributed by atoms with Crippen LogP contribution in [0.4, 0.5) is 0 Å². The van der Waals surface area contributed by atoms with Gasteiger partial charge in [0.15, 0.2) is 11.5 Å². The van der Waals surface area contributed by atoms with E-state index in [4.69, 9.17) is 35.0 Å². The Morgan fingerprint density at radius 3 is 2.12 bits per heavy atom. The molecule has 0 radical (unpaired) electrons. The van der Waals surface area contributed by atoms with E-state index in [0.717, 1.165) is 49.5 Å². The first-order chi connectivity index (χ1) is 15.3. The summed E-state index contributed by atoms with van der Waals surface area (Å²) in [4.78, 5) is 31.8. The average Bonchev–Trinajstić information content (AvgIpc) is 2.79. The van der Waals surface area contributed by atoms with Crippen molar-refractivity contribution in [3.63, 3.8) is 0 Å². The molecule has 1 aliphatic rings. The molecule has 2 aromatic carbocycles. The molecule has 172 valence electrons. The van der Waals surface area contributed by atoms with Gasteiger partial charge in [0.1, 0.15) is 6.61 Å². The van der Waals surface area contributed by atoms with Crippen LogP contribution in [0, 0.1) is 5.92 Å². The van der Waals surface area contributed by atoms with E-state index < -0.39 is 11.9 Å². The van der Waals surface area contributed by atoms with E-state index in [1.807, 2.05) is 42.5 Å². The highest BCUT2D eigenvalue weighted by Crippen LogP contribution is 2.30. The Bertz CT molecular complexity index is 898. The summed E-state index contributed by atoms with van der Waals surface area (Å²) in [5, 5.41) is 14.8. The van der Waals surface area contributed by atoms with Crippen molar-refractivity contribution in [1.29, 1.82) is 0 Å². The number of hydrogen-bond donors (Lipinski definition) is 3. The fraction of sp³-hybridized carbons (Fsp3) is 0.348. The summed E-state index contributed by atoms with van der Waals surface area (Å²) in [6, 6.07) is 16.1. The molecule has 3 rings (SSSR count). The molecule has 0 atom stereocenters. The van der Waals surface area contributed by atoms with Gasteiger partial charge >= 0.3 is 11.9 Å². The van der Waals surface area contributed by atoms with Gasteiger partial charge in [-0.2, -0.15) is 0 Å². The second kappa shape index (κ2) is 12.3. The number of primary amides is 1. The van der Waals surface area contributed by atoms with E-state index >= 15 is 0 Å². The molecule has 9 heteroatoms. The lowest BCUT2D eigenvalue weighted by atomic mass is 9.96. The molecule has 0 unspecified atom stereocenters. The number of likely N-dealkylation sites (tertiary alicyclic amines) is 1. The standard InChI is InChI=1S/C21H26N2O3.C2H2O4/c1-25-19-8-7-17(14-23-11-9-18(10-12-23)21(22)24)13-20(19)26-15-16-5-3-2-4-6-16;3-1(4)2(5)6/h2-8,13,18H,9-12,14-15H2,1H3,(H2,22,24);(H,3,4)(H,5,6). The molecule has 0 bridgehead atoms. The molecule has 0 aromatic heterocycles. The third-order valence-electron chi connectivity index (χ3n) is 5.04. The van der Waals surface area contributed by atoms with Crippen LogP contribution in [0.15, 0.2) is 48.5 Å². The Balaban J connectivity index is 0.000000534. The van der Waals surface area contributed by atoms with Crippen molar-refractivity contribution in [2.24, 2.45) is 11.7 Å². The molecule has 1 fully saturated rings. The number of carbonyl (C=O) groups is 3. The predicted octanol–water partition coefficient (Wildman–Crippen LogP) is 2.13. The molecule has 4 N–H and O–H groups in total. The van der Waals surface area contributed by atoms with Gasteiger partial charge in [0.25, 0.3) is 0 Å². The zero-order chi connectivity index (χ0) is 23.5. The second-order valence-electron chi connectivity index (χ2n) is 7.32. The number of nitrogens with zero attached hydrogens (tertiary/aromatic N) is 1. The van der Waals surface area contributed by atoms with Gasteiger partial charge in [0, 0.05) is 12.5 Å². The number of amides is 1. The van der Waals surface area contributed by atoms with E-state index in [-0.39, 0.29) is 11.8 Å². The Kier molecular flexibility index (Phi) is 9.49. The largest absolute Gasteiger partial charge is 0.493 e. The summed E-state index contributed by atoms with van der Waals surface area (Å²) < 4.78 is 11.4. The normalized spacial score (nSPS) is 14.0. The Morgan fingerprint density at radius 2 is 1.59 bits per heavy atom. The molecule has 32 heavy (non-hydrogen) atoms. The molecular formula is C23H28N2O7. The van der Waals surface area contributed by atoms with E-state index in [1.54, 1.807) is 7.11 Å². The molecule has 1 heterocycles. The van der Waals surface area contributed by atoms with Gasteiger partial charge in [-0.15, -0.1) is 0 Å². The van der Waals surface area contributed by atoms with E-state index in [1.165, 1.54) is 5.56 Å². The number of carbonyl (C=O) groups excluding carboxylic acids is 1. The quantitative estimate of drug-likeness (QED) is 0.552. The van der Waals surface area contributed by atoms with Crippen molar-refractivity contribution >= 4 is 17.8 Å². The van der Waals surface area contributed by atoms with Gasteiger partial charge in [0.2, 0.25) is 5.91 Å². The van der Waals surface area contributed by atoms with Crippen LogP contribution in [-0.2, 0) is 27.5 Å². The first kappa shape index (κ1) is 24.7. The molecule has 0 aliphatic carbocycles. The molecular weight excluding hydrogens is 416 g/mol. The maximum Gasteiger partial charge on any atom is 0.414 e. The summed E-state index contributed by atoms with van der Waals surface area (Å²) in [5.74, 6) is -2.32. The Morgan fingerprint density at radius 1 is 0.969 bits per heavy atom. The van der Waals surface area contributed by atoms with Gasteiger partial charge in [-0.3, -0.25) is 9.69 Å². The fourth-order valence-electron chi connectivity index (χ4n) is 3.30. The number of hydrogen-bond acceptors (Lipinski definition) is 6. The molecule has 1 saturated heterocycles. The predicted molar refractivity (Wildman–Crippen MR) is 116 cm³/mol. The van der Waals surface area contributed by atoms with Crippen molar-refractivity contribution in [3.05, 3.63) is 59.7 Å². The van der Waals surface area contributed by atoms with Crippen LogP contribution >= 0.6 is 0 Å². The van der Waals surface area contributed by atoms with E-state index in [0.29, 0.717) is 6.61 Å². The first-order valence-electron chi connectivity index (χ1n) is 10.1. The van der Waals surface area contributed by atoms with E-state index in [9.17, 15) is 4.79 Å². The smallest absolute Gasteiger partial charge is 0.414 e. The summed E-state index contributed by atoms with van der Waals surface area (Å²) in [7, 11) is 1.65. The molecule has 2 aromatic rings. The maximum atomic E-state index is 11.3. The Labute approximate surface area is 186 Å². The van der Waals surface area contributed by atoms with Crippen molar-refractivity contribution in [2.45, 2.75) is 26.0 Å². The van der Waals surface area contributed by atoms with Crippen LogP contribution in [-0.4, -0.2) is 53.2 Å². The topological polar surface area (TPSA) is 139 Å². The zero-order valence-corrected chi connectivity index (χ0v) is 17.9. The summed E-state index contributed by atoms with van der Waals surface area (Å²) in [5.41, 5.74) is 7.70. The number of methoxy groups -OCH3 is 1. The van der Waals surface area contributed by atoms with Gasteiger partial charge in [-0.05, 0) is 49.2 Å². The highest BCUT2D eigenvalue weighted by molar-refractivity contribution is 6.27. The molecule has 1 amide bonds. The summed E-state index contributed by atoms with van der Waals surface area (Å²) >= 11 is 0. The zero-order valence-electron chi connectivity index (χ0n) is 17.9. The third-order valence-corrected chi connectivity index (χ3v) is 5.04. The Hall–Kier alpha value is -3.59. The molecule has 0 saturated carbocycles. The van der Waals surface area contributed by atoms with Crippen LogP contribution in [0.1, 0.15) is 24.0 Å².